The Bertz CT molecular complexity index is 973. The molecule has 0 saturated carbocycles. The number of aromatic nitrogens is 1. The van der Waals surface area contributed by atoms with Crippen molar-refractivity contribution in [2.24, 2.45) is 5.16 Å². The molecule has 0 spiro atoms. The average molecular weight is 485 g/mol. The number of aliphatic carboxylic acids is 1. The van der Waals surface area contributed by atoms with Crippen molar-refractivity contribution in [3.63, 3.8) is 0 Å². The molecule has 0 aliphatic carbocycles. The number of β-lactam (4-membered cyclic amide) rings is 1. The number of carboxylic acid groups (broad SMARTS) is 1. The molecule has 0 bridgehead atoms. The Kier molecular flexibility index (Phi) is 6.41. The lowest BCUT2D eigenvalue weighted by Gasteiger charge is -2.50. The number of carboxylic acids is 1. The normalized spacial score (nSPS) is 24.1. The van der Waals surface area contributed by atoms with Crippen molar-refractivity contribution in [2.45, 2.75) is 12.1 Å². The van der Waals surface area contributed by atoms with E-state index in [9.17, 15) is 19.5 Å². The number of carbonyl (C=O) groups excluding carboxylic acids is 2. The Morgan fingerprint density at radius 1 is 1.48 bits per heavy atom. The number of carbonyl (C=O) groups is 3. The molecule has 4 heterocycles. The number of hydrogen-bond donors (Lipinski definition) is 3. The van der Waals surface area contributed by atoms with Crippen LogP contribution in [0.3, 0.4) is 0 Å². The van der Waals surface area contributed by atoms with Crippen molar-refractivity contribution in [3.05, 3.63) is 21.7 Å². The Balaban J connectivity index is 1.50. The summed E-state index contributed by atoms with van der Waals surface area (Å²) in [6, 6.07) is -1.30. The van der Waals surface area contributed by atoms with E-state index in [1.165, 1.54) is 23.8 Å². The monoisotopic (exact) mass is 484 g/mol. The number of thioether (sulfide) groups is 2. The second kappa shape index (κ2) is 9.06. The summed E-state index contributed by atoms with van der Waals surface area (Å²) in [4.78, 5) is 50.4. The maximum Gasteiger partial charge on any atom is 0.353 e. The molecule has 166 valence electrons. The van der Waals surface area contributed by atoms with Gasteiger partial charge in [-0.25, -0.2) is 9.78 Å². The first-order chi connectivity index (χ1) is 14.9. The average Bonchev–Trinajstić information content (AvgIpc) is 3.41. The standard InChI is InChI=1S/C17H20N6O5S3/c1-28-21-11(8-5-31-17(18)19-8)14(24)20-12-9-6-30-10(4-22-2-3-29-7-22)13(16(26)27)23(9)15(12)25/h5,9,12H,2-4,6-7H2,1H3,(H2,18,19)(H,20,24)(H,26,27)/t9-,12+/m0/s1. The number of nitrogens with one attached hydrogen (secondary N) is 1. The largest absolute Gasteiger partial charge is 0.477 e. The van der Waals surface area contributed by atoms with Gasteiger partial charge in [0.15, 0.2) is 10.8 Å². The van der Waals surface area contributed by atoms with Crippen LogP contribution in [-0.4, -0.2) is 93.1 Å². The fourth-order valence-corrected chi connectivity index (χ4v) is 6.41. The smallest absolute Gasteiger partial charge is 0.353 e. The molecule has 3 aliphatic rings. The van der Waals surface area contributed by atoms with Crippen LogP contribution in [-0.2, 0) is 19.2 Å². The van der Waals surface area contributed by atoms with Crippen LogP contribution in [0.2, 0.25) is 0 Å². The highest BCUT2D eigenvalue weighted by Gasteiger charge is 2.54. The fourth-order valence-electron chi connectivity index (χ4n) is 3.56. The van der Waals surface area contributed by atoms with Crippen molar-refractivity contribution >= 4 is 63.5 Å². The van der Waals surface area contributed by atoms with Crippen LogP contribution in [0.4, 0.5) is 5.13 Å². The minimum absolute atomic E-state index is 0.00621. The predicted molar refractivity (Wildman–Crippen MR) is 119 cm³/mol. The van der Waals surface area contributed by atoms with E-state index in [4.69, 9.17) is 10.6 Å². The van der Waals surface area contributed by atoms with Gasteiger partial charge in [-0.3, -0.25) is 19.4 Å². The second-order valence-corrected chi connectivity index (χ2v) is 9.98. The zero-order valence-corrected chi connectivity index (χ0v) is 18.9. The molecule has 0 aromatic carbocycles. The van der Waals surface area contributed by atoms with Crippen LogP contribution in [0, 0.1) is 0 Å². The van der Waals surface area contributed by atoms with Crippen LogP contribution in [0.1, 0.15) is 5.69 Å². The Morgan fingerprint density at radius 3 is 2.90 bits per heavy atom. The molecular weight excluding hydrogens is 464 g/mol. The number of oxime groups is 1. The fraction of sp³-hybridized carbons (Fsp3) is 0.471. The number of rotatable bonds is 7. The minimum atomic E-state index is -1.14. The lowest BCUT2D eigenvalue weighted by Crippen LogP contribution is -2.73. The molecule has 2 amide bonds. The van der Waals surface area contributed by atoms with Crippen LogP contribution >= 0.6 is 34.9 Å². The minimum Gasteiger partial charge on any atom is -0.477 e. The molecule has 0 radical (unpaired) electrons. The number of thiazole rings is 1. The van der Waals surface area contributed by atoms with Crippen LogP contribution in [0.5, 0.6) is 0 Å². The van der Waals surface area contributed by atoms with Gasteiger partial charge in [0.25, 0.3) is 11.8 Å². The van der Waals surface area contributed by atoms with E-state index < -0.39 is 29.9 Å². The van der Waals surface area contributed by atoms with Crippen molar-refractivity contribution in [3.8, 4) is 0 Å². The predicted octanol–water partition coefficient (Wildman–Crippen LogP) is -0.179. The van der Waals surface area contributed by atoms with Gasteiger partial charge in [0.2, 0.25) is 0 Å². The molecule has 31 heavy (non-hydrogen) atoms. The highest BCUT2D eigenvalue weighted by atomic mass is 32.2. The van der Waals surface area contributed by atoms with Crippen molar-refractivity contribution in [2.75, 3.05) is 43.3 Å². The molecule has 3 aliphatic heterocycles. The van der Waals surface area contributed by atoms with Crippen molar-refractivity contribution in [1.29, 1.82) is 0 Å². The van der Waals surface area contributed by atoms with Gasteiger partial charge in [-0.15, -0.1) is 34.9 Å². The molecular formula is C17H20N6O5S3. The summed E-state index contributed by atoms with van der Waals surface area (Å²) >= 11 is 4.36. The van der Waals surface area contributed by atoms with E-state index in [2.05, 4.69) is 20.4 Å². The van der Waals surface area contributed by atoms with E-state index >= 15 is 0 Å². The van der Waals surface area contributed by atoms with Gasteiger partial charge in [-0.05, 0) is 0 Å². The molecule has 2 atom stereocenters. The molecule has 4 rings (SSSR count). The van der Waals surface area contributed by atoms with Gasteiger partial charge in [0, 0.05) is 40.8 Å². The lowest BCUT2D eigenvalue weighted by molar-refractivity contribution is -0.153. The number of anilines is 1. The first-order valence-electron chi connectivity index (χ1n) is 9.26. The van der Waals surface area contributed by atoms with Gasteiger partial charge in [-0.1, -0.05) is 5.16 Å². The Labute approximate surface area is 190 Å². The number of nitrogens with zero attached hydrogens (tertiary/aromatic N) is 4. The molecule has 1 aromatic heterocycles. The highest BCUT2D eigenvalue weighted by Crippen LogP contribution is 2.39. The molecule has 4 N–H and O–H groups in total. The van der Waals surface area contributed by atoms with Gasteiger partial charge in [0.1, 0.15) is 24.5 Å². The van der Waals surface area contributed by atoms with Crippen LogP contribution < -0.4 is 11.1 Å². The Morgan fingerprint density at radius 2 is 2.29 bits per heavy atom. The van der Waals surface area contributed by atoms with Gasteiger partial charge in [-0.2, -0.15) is 0 Å². The Hall–Kier alpha value is -2.29. The van der Waals surface area contributed by atoms with Gasteiger partial charge >= 0.3 is 5.97 Å². The summed E-state index contributed by atoms with van der Waals surface area (Å²) in [7, 11) is 1.29. The van der Waals surface area contributed by atoms with Crippen molar-refractivity contribution < 1.29 is 24.3 Å². The van der Waals surface area contributed by atoms with E-state index in [-0.39, 0.29) is 22.2 Å². The van der Waals surface area contributed by atoms with Gasteiger partial charge in [0.05, 0.1) is 6.04 Å². The summed E-state index contributed by atoms with van der Waals surface area (Å²) in [5.74, 6) is 0.0990. The number of fused-ring (bicyclic) bond motifs is 1. The van der Waals surface area contributed by atoms with E-state index in [0.717, 1.165) is 29.5 Å². The van der Waals surface area contributed by atoms with Crippen LogP contribution in [0.25, 0.3) is 0 Å². The van der Waals surface area contributed by atoms with E-state index in [0.29, 0.717) is 17.2 Å². The molecule has 1 aromatic rings. The van der Waals surface area contributed by atoms with E-state index in [1.807, 2.05) is 0 Å². The second-order valence-electron chi connectivity index (χ2n) is 6.90. The summed E-state index contributed by atoms with van der Waals surface area (Å²) in [6.45, 7) is 1.39. The third-order valence-corrected chi connectivity index (χ3v) is 7.87. The van der Waals surface area contributed by atoms with Crippen molar-refractivity contribution in [1.82, 2.24) is 20.1 Å². The molecule has 14 heteroatoms. The maximum atomic E-state index is 12.8. The molecule has 11 nitrogen and oxygen atoms in total. The number of nitrogens with two attached hydrogens (primary N) is 1. The first-order valence-corrected chi connectivity index (χ1v) is 12.3. The maximum absolute atomic E-state index is 12.8. The highest BCUT2D eigenvalue weighted by molar-refractivity contribution is 8.03. The lowest BCUT2D eigenvalue weighted by atomic mass is 9.94. The van der Waals surface area contributed by atoms with Gasteiger partial charge < -0.3 is 21.0 Å². The third kappa shape index (κ3) is 4.24. The number of amides is 2. The summed E-state index contributed by atoms with van der Waals surface area (Å²) in [5.41, 5.74) is 5.76. The molecule has 2 saturated heterocycles. The molecule has 0 unspecified atom stereocenters. The first kappa shape index (κ1) is 21.9. The zero-order valence-electron chi connectivity index (χ0n) is 16.4. The molecule has 2 fully saturated rings. The number of nitrogen functional groups attached to an aromatic ring is 1. The van der Waals surface area contributed by atoms with E-state index in [1.54, 1.807) is 17.1 Å². The summed E-state index contributed by atoms with van der Waals surface area (Å²) in [6.07, 6.45) is 0. The zero-order chi connectivity index (χ0) is 22.1. The summed E-state index contributed by atoms with van der Waals surface area (Å²) in [5, 5.41) is 18.0. The quantitative estimate of drug-likeness (QED) is 0.270. The SMILES string of the molecule is CON=C(C(=O)N[C@H]1C(=O)N2C(C(=O)O)=C(CN3CCSC3)SC[C@@H]12)c1csc(N)n1. The third-order valence-electron chi connectivity index (χ3n) is 5.00. The topological polar surface area (TPSA) is 150 Å². The summed E-state index contributed by atoms with van der Waals surface area (Å²) < 4.78 is 0. The number of hydrogen-bond acceptors (Lipinski definition) is 11. The van der Waals surface area contributed by atoms with Crippen LogP contribution in [0.15, 0.2) is 21.1 Å².